The first kappa shape index (κ1) is 23.8. The van der Waals surface area contributed by atoms with Crippen molar-refractivity contribution in [1.82, 2.24) is 25.1 Å². The van der Waals surface area contributed by atoms with E-state index in [1.54, 1.807) is 0 Å². The second kappa shape index (κ2) is 8.94. The molecule has 1 atom stereocenters. The molecule has 0 saturated heterocycles. The summed E-state index contributed by atoms with van der Waals surface area (Å²) in [6.45, 7) is 1.44. The third kappa shape index (κ3) is 6.32. The zero-order chi connectivity index (χ0) is 24.4. The molecule has 0 radical (unpaired) electrons. The van der Waals surface area contributed by atoms with E-state index in [-0.39, 0.29) is 15.8 Å². The Labute approximate surface area is 184 Å². The Morgan fingerprint density at radius 2 is 1.73 bits per heavy atom. The lowest BCUT2D eigenvalue weighted by Gasteiger charge is -2.16. The molecule has 1 N–H and O–H groups in total. The van der Waals surface area contributed by atoms with Crippen molar-refractivity contribution in [3.63, 3.8) is 0 Å². The summed E-state index contributed by atoms with van der Waals surface area (Å²) in [6, 6.07) is 2.51. The van der Waals surface area contributed by atoms with E-state index in [0.29, 0.717) is 18.2 Å². The van der Waals surface area contributed by atoms with E-state index in [9.17, 15) is 31.1 Å². The van der Waals surface area contributed by atoms with Gasteiger partial charge in [0.05, 0.1) is 12.2 Å². The van der Waals surface area contributed by atoms with Crippen molar-refractivity contribution in [1.29, 1.82) is 5.26 Å². The van der Waals surface area contributed by atoms with Crippen LogP contribution in [0.15, 0.2) is 30.7 Å². The summed E-state index contributed by atoms with van der Waals surface area (Å²) in [5.41, 5.74) is -0.602. The third-order valence-corrected chi connectivity index (χ3v) is 4.58. The lowest BCUT2D eigenvalue weighted by Crippen LogP contribution is -2.29. The number of amides is 1. The number of halogens is 6. The van der Waals surface area contributed by atoms with Crippen LogP contribution in [0.25, 0.3) is 5.13 Å². The highest BCUT2D eigenvalue weighted by atomic mass is 32.1. The first-order chi connectivity index (χ1) is 15.3. The lowest BCUT2D eigenvalue weighted by atomic mass is 10.1. The Bertz CT molecular complexity index is 1160. The first-order valence-electron chi connectivity index (χ1n) is 8.58. The molecule has 1 amide bonds. The van der Waals surface area contributed by atoms with Crippen molar-refractivity contribution in [3.8, 4) is 22.7 Å². The molecule has 174 valence electrons. The number of hydrogen-bond donors (Lipinski definition) is 1. The van der Waals surface area contributed by atoms with Gasteiger partial charge in [0.1, 0.15) is 28.8 Å². The number of carbonyl (C=O) groups is 1. The summed E-state index contributed by atoms with van der Waals surface area (Å²) in [5, 5.41) is 15.5. The van der Waals surface area contributed by atoms with Gasteiger partial charge in [-0.15, -0.1) is 26.3 Å². The minimum absolute atomic E-state index is 0.136. The highest BCUT2D eigenvalue weighted by Gasteiger charge is 2.34. The van der Waals surface area contributed by atoms with Crippen molar-refractivity contribution in [2.24, 2.45) is 0 Å². The van der Waals surface area contributed by atoms with Crippen molar-refractivity contribution in [2.45, 2.75) is 25.7 Å². The van der Waals surface area contributed by atoms with Crippen LogP contribution >= 0.6 is 11.3 Å². The van der Waals surface area contributed by atoms with E-state index >= 15 is 0 Å². The molecule has 0 unspecified atom stereocenters. The largest absolute Gasteiger partial charge is 0.573 e. The SMILES string of the molecule is C[C@H](NC(=O)c1cc(OC(F)(F)F)cc(OC(F)(F)F)c1)c1ncnn1-c1ncc(C#N)s1. The van der Waals surface area contributed by atoms with Crippen LogP contribution in [0.5, 0.6) is 11.5 Å². The number of aromatic nitrogens is 4. The molecular weight excluding hydrogens is 482 g/mol. The molecule has 0 saturated carbocycles. The number of rotatable bonds is 6. The van der Waals surface area contributed by atoms with Gasteiger partial charge < -0.3 is 14.8 Å². The predicted octanol–water partition coefficient (Wildman–Crippen LogP) is 3.88. The lowest BCUT2D eigenvalue weighted by molar-refractivity contribution is -0.276. The van der Waals surface area contributed by atoms with Gasteiger partial charge in [-0.2, -0.15) is 15.0 Å². The smallest absolute Gasteiger partial charge is 0.406 e. The summed E-state index contributed by atoms with van der Waals surface area (Å²) < 4.78 is 83.7. The molecule has 2 aromatic heterocycles. The summed E-state index contributed by atoms with van der Waals surface area (Å²) in [5.74, 6) is -3.08. The summed E-state index contributed by atoms with van der Waals surface area (Å²) >= 11 is 0.981. The van der Waals surface area contributed by atoms with Gasteiger partial charge in [0.2, 0.25) is 5.13 Å². The van der Waals surface area contributed by atoms with Crippen LogP contribution in [0, 0.1) is 11.3 Å². The topological polar surface area (TPSA) is 115 Å². The number of nitrogens with one attached hydrogen (secondary N) is 1. The minimum Gasteiger partial charge on any atom is -0.406 e. The normalized spacial score (nSPS) is 12.7. The van der Waals surface area contributed by atoms with Gasteiger partial charge in [-0.05, 0) is 19.1 Å². The molecule has 0 aliphatic carbocycles. The van der Waals surface area contributed by atoms with Gasteiger partial charge in [0.15, 0.2) is 5.82 Å². The number of ether oxygens (including phenoxy) is 2. The zero-order valence-corrected chi connectivity index (χ0v) is 16.9. The number of benzene rings is 1. The Balaban J connectivity index is 1.86. The molecule has 3 aromatic rings. The van der Waals surface area contributed by atoms with E-state index in [0.717, 1.165) is 17.7 Å². The Morgan fingerprint density at radius 1 is 1.12 bits per heavy atom. The van der Waals surface area contributed by atoms with Crippen LogP contribution in [-0.2, 0) is 0 Å². The van der Waals surface area contributed by atoms with Crippen LogP contribution < -0.4 is 14.8 Å². The van der Waals surface area contributed by atoms with Crippen LogP contribution in [0.3, 0.4) is 0 Å². The van der Waals surface area contributed by atoms with Crippen LogP contribution in [-0.4, -0.2) is 38.4 Å². The Hall–Kier alpha value is -3.87. The molecule has 33 heavy (non-hydrogen) atoms. The molecule has 2 heterocycles. The average Bonchev–Trinajstić information content (AvgIpc) is 3.34. The maximum Gasteiger partial charge on any atom is 0.573 e. The molecule has 3 rings (SSSR count). The number of alkyl halides is 6. The van der Waals surface area contributed by atoms with Gasteiger partial charge >= 0.3 is 12.7 Å². The average molecular weight is 492 g/mol. The fraction of sp³-hybridized carbons (Fsp3) is 0.235. The molecule has 9 nitrogen and oxygen atoms in total. The van der Waals surface area contributed by atoms with Crippen molar-refractivity contribution in [2.75, 3.05) is 0 Å². The quantitative estimate of drug-likeness (QED) is 0.520. The fourth-order valence-corrected chi connectivity index (χ4v) is 3.22. The maximum atomic E-state index is 12.6. The highest BCUT2D eigenvalue weighted by molar-refractivity contribution is 7.14. The van der Waals surface area contributed by atoms with E-state index in [1.165, 1.54) is 17.8 Å². The van der Waals surface area contributed by atoms with Crippen molar-refractivity contribution in [3.05, 3.63) is 47.0 Å². The number of nitriles is 1. The summed E-state index contributed by atoms with van der Waals surface area (Å²) in [4.78, 5) is 20.8. The first-order valence-corrected chi connectivity index (χ1v) is 9.40. The van der Waals surface area contributed by atoms with E-state index in [2.05, 4.69) is 29.9 Å². The van der Waals surface area contributed by atoms with Gasteiger partial charge in [-0.3, -0.25) is 4.79 Å². The van der Waals surface area contributed by atoms with E-state index in [4.69, 9.17) is 5.26 Å². The van der Waals surface area contributed by atoms with Gasteiger partial charge in [-0.1, -0.05) is 11.3 Å². The number of carbonyl (C=O) groups excluding carboxylic acids is 1. The second-order valence-corrected chi connectivity index (χ2v) is 7.14. The number of nitrogens with zero attached hydrogens (tertiary/aromatic N) is 5. The van der Waals surface area contributed by atoms with Crippen molar-refractivity contribution < 1.29 is 40.6 Å². The highest BCUT2D eigenvalue weighted by Crippen LogP contribution is 2.31. The zero-order valence-electron chi connectivity index (χ0n) is 16.1. The maximum absolute atomic E-state index is 12.6. The molecular formula is C17H10F6N6O3S. The Kier molecular flexibility index (Phi) is 6.44. The fourth-order valence-electron chi connectivity index (χ4n) is 2.54. The summed E-state index contributed by atoms with van der Waals surface area (Å²) in [7, 11) is 0. The predicted molar refractivity (Wildman–Crippen MR) is 97.4 cm³/mol. The van der Waals surface area contributed by atoms with E-state index in [1.807, 2.05) is 6.07 Å². The van der Waals surface area contributed by atoms with E-state index < -0.39 is 41.7 Å². The van der Waals surface area contributed by atoms with Gasteiger partial charge in [0.25, 0.3) is 5.91 Å². The summed E-state index contributed by atoms with van der Waals surface area (Å²) in [6.07, 6.45) is -8.00. The minimum atomic E-state index is -5.22. The number of thiazole rings is 1. The molecule has 1 aromatic carbocycles. The van der Waals surface area contributed by atoms with Crippen LogP contribution in [0.4, 0.5) is 26.3 Å². The molecule has 0 aliphatic heterocycles. The molecule has 0 fully saturated rings. The van der Waals surface area contributed by atoms with Gasteiger partial charge in [-0.25, -0.2) is 9.97 Å². The van der Waals surface area contributed by atoms with Crippen LogP contribution in [0.2, 0.25) is 0 Å². The third-order valence-electron chi connectivity index (χ3n) is 3.70. The molecule has 16 heteroatoms. The number of hydrogen-bond acceptors (Lipinski definition) is 8. The Morgan fingerprint density at radius 3 is 2.24 bits per heavy atom. The van der Waals surface area contributed by atoms with Crippen LogP contribution in [0.1, 0.15) is 34.0 Å². The molecule has 0 spiro atoms. The standard InChI is InChI=1S/C17H10F6N6O3S/c1-8(13-26-7-27-29(13)15-25-6-12(5-24)33-15)28-14(30)9-2-10(31-16(18,19)20)4-11(3-9)32-17(21,22)23/h2-4,6-8H,1H3,(H,28,30)/t8-/m0/s1. The molecule has 0 bridgehead atoms. The van der Waals surface area contributed by atoms with Gasteiger partial charge in [0, 0.05) is 11.6 Å². The monoisotopic (exact) mass is 492 g/mol. The van der Waals surface area contributed by atoms with Crippen molar-refractivity contribution >= 4 is 17.2 Å². The second-order valence-electron chi connectivity index (χ2n) is 6.13. The molecule has 0 aliphatic rings.